The third kappa shape index (κ3) is 3.90. The number of hydrogen-bond acceptors (Lipinski definition) is 4. The highest BCUT2D eigenvalue weighted by molar-refractivity contribution is 8.14. The molecule has 2 heterocycles. The van der Waals surface area contributed by atoms with Crippen LogP contribution in [0.15, 0.2) is 17.1 Å². The number of thioether (sulfide) groups is 1. The Hall–Kier alpha value is -0.190. The van der Waals surface area contributed by atoms with Gasteiger partial charge in [-0.05, 0) is 31.4 Å². The molecule has 0 bridgehead atoms. The van der Waals surface area contributed by atoms with Crippen LogP contribution in [0.4, 0.5) is 0 Å². The molecule has 0 amide bonds. The molecule has 0 aromatic carbocycles. The SMILES string of the molecule is CC(C)CC1CSC(NC(C)c2ccc(Cl)s2)=N1. The van der Waals surface area contributed by atoms with Crippen molar-refractivity contribution in [3.8, 4) is 0 Å². The zero-order valence-corrected chi connectivity index (χ0v) is 13.3. The molecule has 100 valence electrons. The van der Waals surface area contributed by atoms with E-state index in [-0.39, 0.29) is 6.04 Å². The molecule has 2 rings (SSSR count). The van der Waals surface area contributed by atoms with Gasteiger partial charge in [-0.3, -0.25) is 4.99 Å². The molecule has 2 unspecified atom stereocenters. The van der Waals surface area contributed by atoms with Gasteiger partial charge in [-0.25, -0.2) is 0 Å². The van der Waals surface area contributed by atoms with Gasteiger partial charge in [0, 0.05) is 10.6 Å². The molecule has 0 radical (unpaired) electrons. The summed E-state index contributed by atoms with van der Waals surface area (Å²) < 4.78 is 0.845. The van der Waals surface area contributed by atoms with E-state index in [1.807, 2.05) is 17.8 Å². The summed E-state index contributed by atoms with van der Waals surface area (Å²) in [6.45, 7) is 6.66. The standard InChI is InChI=1S/C13H19ClN2S2/c1-8(2)6-10-7-17-13(16-10)15-9(3)11-4-5-12(14)18-11/h4-5,8-10H,6-7H2,1-3H3,(H,15,16). The van der Waals surface area contributed by atoms with Crippen LogP contribution in [0.5, 0.6) is 0 Å². The van der Waals surface area contributed by atoms with E-state index in [1.165, 1.54) is 11.3 Å². The van der Waals surface area contributed by atoms with Crippen LogP contribution in [0.2, 0.25) is 4.34 Å². The number of nitrogens with zero attached hydrogens (tertiary/aromatic N) is 1. The fourth-order valence-electron chi connectivity index (χ4n) is 1.98. The highest BCUT2D eigenvalue weighted by atomic mass is 35.5. The van der Waals surface area contributed by atoms with Crippen LogP contribution in [0.3, 0.4) is 0 Å². The van der Waals surface area contributed by atoms with Crippen molar-refractivity contribution in [1.82, 2.24) is 5.32 Å². The van der Waals surface area contributed by atoms with E-state index < -0.39 is 0 Å². The Bertz CT molecular complexity index is 428. The van der Waals surface area contributed by atoms with E-state index in [0.717, 1.165) is 15.3 Å². The third-order valence-corrected chi connectivity index (χ3v) is 5.28. The second kappa shape index (κ2) is 6.31. The first kappa shape index (κ1) is 14.2. The topological polar surface area (TPSA) is 24.4 Å². The predicted molar refractivity (Wildman–Crippen MR) is 84.0 cm³/mol. The molecule has 0 saturated heterocycles. The number of halogens is 1. The zero-order chi connectivity index (χ0) is 13.1. The van der Waals surface area contributed by atoms with E-state index in [9.17, 15) is 0 Å². The molecule has 2 atom stereocenters. The number of nitrogens with one attached hydrogen (secondary N) is 1. The van der Waals surface area contributed by atoms with Crippen molar-refractivity contribution in [3.63, 3.8) is 0 Å². The Kier molecular flexibility index (Phi) is 4.98. The molecule has 2 nitrogen and oxygen atoms in total. The highest BCUT2D eigenvalue weighted by Crippen LogP contribution is 2.28. The summed E-state index contributed by atoms with van der Waals surface area (Å²) in [6.07, 6.45) is 1.18. The van der Waals surface area contributed by atoms with Gasteiger partial charge < -0.3 is 5.32 Å². The quantitative estimate of drug-likeness (QED) is 0.881. The van der Waals surface area contributed by atoms with E-state index in [0.29, 0.717) is 12.0 Å². The van der Waals surface area contributed by atoms with Crippen LogP contribution in [0, 0.1) is 5.92 Å². The lowest BCUT2D eigenvalue weighted by Crippen LogP contribution is -2.22. The monoisotopic (exact) mass is 302 g/mol. The summed E-state index contributed by atoms with van der Waals surface area (Å²) in [5.41, 5.74) is 0. The van der Waals surface area contributed by atoms with Crippen molar-refractivity contribution in [1.29, 1.82) is 0 Å². The molecule has 0 spiro atoms. The van der Waals surface area contributed by atoms with Gasteiger partial charge >= 0.3 is 0 Å². The van der Waals surface area contributed by atoms with Crippen LogP contribution in [-0.2, 0) is 0 Å². The van der Waals surface area contributed by atoms with Crippen molar-refractivity contribution in [2.45, 2.75) is 39.3 Å². The Morgan fingerprint density at radius 3 is 2.83 bits per heavy atom. The zero-order valence-electron chi connectivity index (χ0n) is 10.9. The summed E-state index contributed by atoms with van der Waals surface area (Å²) in [5.74, 6) is 1.82. The highest BCUT2D eigenvalue weighted by Gasteiger charge is 2.20. The minimum atomic E-state index is 0.284. The fraction of sp³-hybridized carbons (Fsp3) is 0.615. The second-order valence-corrected chi connectivity index (χ2v) is 7.79. The fourth-order valence-corrected chi connectivity index (χ4v) is 4.08. The maximum atomic E-state index is 5.96. The Labute approximate surface area is 122 Å². The first-order valence-corrected chi connectivity index (χ1v) is 8.45. The van der Waals surface area contributed by atoms with Gasteiger partial charge in [0.05, 0.1) is 16.4 Å². The van der Waals surface area contributed by atoms with Gasteiger partial charge in [-0.15, -0.1) is 11.3 Å². The van der Waals surface area contributed by atoms with Gasteiger partial charge in [0.2, 0.25) is 0 Å². The minimum absolute atomic E-state index is 0.284. The first-order valence-electron chi connectivity index (χ1n) is 6.27. The maximum Gasteiger partial charge on any atom is 0.157 e. The molecule has 1 aliphatic rings. The van der Waals surface area contributed by atoms with E-state index >= 15 is 0 Å². The van der Waals surface area contributed by atoms with Crippen molar-refractivity contribution in [2.75, 3.05) is 5.75 Å². The molecule has 0 saturated carbocycles. The van der Waals surface area contributed by atoms with E-state index in [2.05, 4.69) is 32.2 Å². The van der Waals surface area contributed by atoms with E-state index in [4.69, 9.17) is 16.6 Å². The molecular formula is C13H19ClN2S2. The summed E-state index contributed by atoms with van der Waals surface area (Å²) in [4.78, 5) is 6.00. The predicted octanol–water partition coefficient (Wildman–Crippen LogP) is 4.57. The number of thiophene rings is 1. The molecule has 1 aromatic heterocycles. The van der Waals surface area contributed by atoms with Crippen LogP contribution in [-0.4, -0.2) is 17.0 Å². The summed E-state index contributed by atoms with van der Waals surface area (Å²) >= 11 is 9.42. The lowest BCUT2D eigenvalue weighted by Gasteiger charge is -2.12. The third-order valence-electron chi connectivity index (χ3n) is 2.82. The molecule has 18 heavy (non-hydrogen) atoms. The van der Waals surface area contributed by atoms with Gasteiger partial charge in [-0.1, -0.05) is 37.2 Å². The summed E-state index contributed by atoms with van der Waals surface area (Å²) in [5, 5.41) is 4.56. The lowest BCUT2D eigenvalue weighted by molar-refractivity contribution is 0.528. The van der Waals surface area contributed by atoms with Crippen LogP contribution in [0.25, 0.3) is 0 Å². The normalized spacial score (nSPS) is 21.2. The maximum absolute atomic E-state index is 5.96. The molecule has 1 N–H and O–H groups in total. The lowest BCUT2D eigenvalue weighted by atomic mass is 10.1. The van der Waals surface area contributed by atoms with Crippen LogP contribution in [0.1, 0.15) is 38.1 Å². The minimum Gasteiger partial charge on any atom is -0.358 e. The smallest absolute Gasteiger partial charge is 0.157 e. The van der Waals surface area contributed by atoms with Gasteiger partial charge in [0.25, 0.3) is 0 Å². The van der Waals surface area contributed by atoms with Crippen molar-refractivity contribution >= 4 is 39.9 Å². The molecule has 1 aliphatic heterocycles. The summed E-state index contributed by atoms with van der Waals surface area (Å²) in [7, 11) is 0. The van der Waals surface area contributed by atoms with Crippen molar-refractivity contribution in [3.05, 3.63) is 21.3 Å². The first-order chi connectivity index (χ1) is 8.54. The average Bonchev–Trinajstić information content (AvgIpc) is 2.87. The van der Waals surface area contributed by atoms with Crippen LogP contribution >= 0.6 is 34.7 Å². The Balaban J connectivity index is 1.90. The molecule has 1 aromatic rings. The Morgan fingerprint density at radius 2 is 2.22 bits per heavy atom. The Morgan fingerprint density at radius 1 is 1.44 bits per heavy atom. The number of amidine groups is 1. The van der Waals surface area contributed by atoms with Gasteiger partial charge in [-0.2, -0.15) is 0 Å². The number of hydrogen-bond donors (Lipinski definition) is 1. The summed E-state index contributed by atoms with van der Waals surface area (Å²) in [6, 6.07) is 4.80. The molecule has 0 aliphatic carbocycles. The molecule has 0 fully saturated rings. The number of aliphatic imine (C=N–C) groups is 1. The van der Waals surface area contributed by atoms with E-state index in [1.54, 1.807) is 11.3 Å². The van der Waals surface area contributed by atoms with Crippen LogP contribution < -0.4 is 5.32 Å². The largest absolute Gasteiger partial charge is 0.358 e. The van der Waals surface area contributed by atoms with Gasteiger partial charge in [0.1, 0.15) is 0 Å². The molecular weight excluding hydrogens is 284 g/mol. The van der Waals surface area contributed by atoms with Crippen molar-refractivity contribution in [2.24, 2.45) is 10.9 Å². The average molecular weight is 303 g/mol. The molecule has 5 heteroatoms. The van der Waals surface area contributed by atoms with Gasteiger partial charge in [0.15, 0.2) is 5.17 Å². The van der Waals surface area contributed by atoms with Crippen molar-refractivity contribution < 1.29 is 0 Å². The second-order valence-electron chi connectivity index (χ2n) is 5.04. The number of rotatable bonds is 4.